The van der Waals surface area contributed by atoms with Crippen molar-refractivity contribution in [3.05, 3.63) is 27.2 Å². The van der Waals surface area contributed by atoms with E-state index in [-0.39, 0.29) is 22.3 Å². The molecule has 5 nitrogen and oxygen atoms in total. The zero-order chi connectivity index (χ0) is 16.2. The molecule has 1 unspecified atom stereocenters. The molecule has 1 aromatic rings. The summed E-state index contributed by atoms with van der Waals surface area (Å²) in [5.74, 6) is -0.979. The molecule has 3 N–H and O–H groups in total. The topological polar surface area (TPSA) is 78.4 Å². The lowest BCUT2D eigenvalue weighted by Crippen LogP contribution is -2.42. The van der Waals surface area contributed by atoms with E-state index in [4.69, 9.17) is 39.9 Å². The van der Waals surface area contributed by atoms with Gasteiger partial charge in [0.2, 0.25) is 0 Å². The van der Waals surface area contributed by atoms with Crippen LogP contribution >= 0.6 is 34.8 Å². The number of carbonyl (C=O) groups excluding carboxylic acids is 1. The zero-order valence-corrected chi connectivity index (χ0v) is 13.7. The van der Waals surface area contributed by atoms with E-state index in [1.807, 2.05) is 0 Å². The molecule has 0 aromatic heterocycles. The molecule has 8 heteroatoms. The van der Waals surface area contributed by atoms with Gasteiger partial charge in [0, 0.05) is 11.6 Å². The number of carboxylic acid groups (broad SMARTS) is 1. The molecule has 0 bridgehead atoms. The van der Waals surface area contributed by atoms with Crippen molar-refractivity contribution in [2.45, 2.75) is 20.3 Å². The van der Waals surface area contributed by atoms with Crippen LogP contribution in [0, 0.1) is 5.41 Å². The molecular weight excluding hydrogens is 339 g/mol. The lowest BCUT2D eigenvalue weighted by Gasteiger charge is -2.23. The number of carbonyl (C=O) groups is 2. The molecule has 116 valence electrons. The maximum absolute atomic E-state index is 11.8. The molecule has 0 aliphatic carbocycles. The fourth-order valence-electron chi connectivity index (χ4n) is 1.45. The Bertz CT molecular complexity index is 543. The van der Waals surface area contributed by atoms with Crippen molar-refractivity contribution >= 4 is 52.5 Å². The van der Waals surface area contributed by atoms with Crippen LogP contribution in [0.2, 0.25) is 15.1 Å². The highest BCUT2D eigenvalue weighted by Gasteiger charge is 2.31. The van der Waals surface area contributed by atoms with E-state index < -0.39 is 17.4 Å². The van der Waals surface area contributed by atoms with E-state index in [9.17, 15) is 9.59 Å². The molecule has 0 radical (unpaired) electrons. The van der Waals surface area contributed by atoms with Crippen LogP contribution in [-0.2, 0) is 4.79 Å². The van der Waals surface area contributed by atoms with Gasteiger partial charge in [-0.25, -0.2) is 4.79 Å². The fraction of sp³-hybridized carbons (Fsp3) is 0.385. The number of nitrogens with one attached hydrogen (secondary N) is 2. The summed E-state index contributed by atoms with van der Waals surface area (Å²) in [5, 5.41) is 14.8. The first-order valence-corrected chi connectivity index (χ1v) is 7.26. The average molecular weight is 354 g/mol. The van der Waals surface area contributed by atoms with Crippen LogP contribution in [0.1, 0.15) is 20.3 Å². The summed E-state index contributed by atoms with van der Waals surface area (Å²) in [6.07, 6.45) is 0.380. The van der Waals surface area contributed by atoms with E-state index in [0.717, 1.165) is 0 Å². The molecule has 1 aromatic carbocycles. The largest absolute Gasteiger partial charge is 0.481 e. The summed E-state index contributed by atoms with van der Waals surface area (Å²) in [4.78, 5) is 23.0. The Kier molecular flexibility index (Phi) is 6.13. The minimum absolute atomic E-state index is 0.0203. The smallest absolute Gasteiger partial charge is 0.319 e. The molecule has 0 heterocycles. The Morgan fingerprint density at radius 3 is 2.19 bits per heavy atom. The molecule has 0 saturated heterocycles. The Morgan fingerprint density at radius 2 is 1.76 bits per heavy atom. The summed E-state index contributed by atoms with van der Waals surface area (Å²) < 4.78 is 0. The molecule has 2 amide bonds. The first-order valence-electron chi connectivity index (χ1n) is 6.12. The number of aliphatic carboxylic acids is 1. The molecule has 1 atom stereocenters. The van der Waals surface area contributed by atoms with Gasteiger partial charge in [-0.3, -0.25) is 4.79 Å². The van der Waals surface area contributed by atoms with Crippen LogP contribution in [-0.4, -0.2) is 23.7 Å². The van der Waals surface area contributed by atoms with Gasteiger partial charge in [0.1, 0.15) is 0 Å². The van der Waals surface area contributed by atoms with Crippen LogP contribution in [0.3, 0.4) is 0 Å². The van der Waals surface area contributed by atoms with Gasteiger partial charge in [0.05, 0.1) is 21.1 Å². The van der Waals surface area contributed by atoms with Gasteiger partial charge in [0.15, 0.2) is 0 Å². The van der Waals surface area contributed by atoms with E-state index >= 15 is 0 Å². The van der Waals surface area contributed by atoms with Crippen molar-refractivity contribution in [3.8, 4) is 0 Å². The second-order valence-electron chi connectivity index (χ2n) is 4.77. The fourth-order valence-corrected chi connectivity index (χ4v) is 2.36. The lowest BCUT2D eigenvalue weighted by atomic mass is 9.88. The molecular formula is C13H15Cl3N2O3. The molecule has 0 aliphatic rings. The number of carboxylic acids is 1. The quantitative estimate of drug-likeness (QED) is 0.739. The van der Waals surface area contributed by atoms with Crippen molar-refractivity contribution in [2.24, 2.45) is 5.41 Å². The van der Waals surface area contributed by atoms with Crippen molar-refractivity contribution < 1.29 is 14.7 Å². The van der Waals surface area contributed by atoms with Crippen LogP contribution in [0.25, 0.3) is 0 Å². The second-order valence-corrected chi connectivity index (χ2v) is 6.02. The monoisotopic (exact) mass is 352 g/mol. The van der Waals surface area contributed by atoms with Crippen molar-refractivity contribution in [2.75, 3.05) is 11.9 Å². The Hall–Kier alpha value is -1.17. The van der Waals surface area contributed by atoms with Gasteiger partial charge in [-0.1, -0.05) is 41.7 Å². The van der Waals surface area contributed by atoms with E-state index in [0.29, 0.717) is 11.4 Å². The van der Waals surface area contributed by atoms with Gasteiger partial charge >= 0.3 is 12.0 Å². The van der Waals surface area contributed by atoms with E-state index in [1.54, 1.807) is 13.8 Å². The summed E-state index contributed by atoms with van der Waals surface area (Å²) in [5.41, 5.74) is -0.820. The Labute approximate surface area is 137 Å². The highest BCUT2D eigenvalue weighted by Crippen LogP contribution is 2.33. The minimum Gasteiger partial charge on any atom is -0.481 e. The number of benzene rings is 1. The molecule has 0 spiro atoms. The van der Waals surface area contributed by atoms with Crippen molar-refractivity contribution in [3.63, 3.8) is 0 Å². The molecule has 0 aliphatic heterocycles. The SMILES string of the molecule is CCC(C)(CNC(=O)Nc1c(Cl)cc(Cl)cc1Cl)C(=O)O. The first kappa shape index (κ1) is 17.9. The first-order chi connectivity index (χ1) is 9.69. The number of hydrogen-bond acceptors (Lipinski definition) is 2. The van der Waals surface area contributed by atoms with Crippen molar-refractivity contribution in [1.82, 2.24) is 5.32 Å². The third kappa shape index (κ3) is 4.66. The summed E-state index contributed by atoms with van der Waals surface area (Å²) >= 11 is 17.7. The van der Waals surface area contributed by atoms with Gasteiger partial charge in [-0.2, -0.15) is 0 Å². The summed E-state index contributed by atoms with van der Waals surface area (Å²) in [6, 6.07) is 2.29. The molecule has 0 saturated carbocycles. The van der Waals surface area contributed by atoms with Gasteiger partial charge in [-0.15, -0.1) is 0 Å². The normalized spacial score (nSPS) is 13.4. The second kappa shape index (κ2) is 7.20. The van der Waals surface area contributed by atoms with Crippen LogP contribution in [0.15, 0.2) is 12.1 Å². The highest BCUT2D eigenvalue weighted by atomic mass is 35.5. The average Bonchev–Trinajstić information content (AvgIpc) is 2.39. The van der Waals surface area contributed by atoms with E-state index in [2.05, 4.69) is 10.6 Å². The van der Waals surface area contributed by atoms with Crippen LogP contribution in [0.4, 0.5) is 10.5 Å². The number of rotatable bonds is 5. The van der Waals surface area contributed by atoms with E-state index in [1.165, 1.54) is 12.1 Å². The maximum atomic E-state index is 11.8. The Balaban J connectivity index is 2.73. The lowest BCUT2D eigenvalue weighted by molar-refractivity contribution is -0.147. The Morgan fingerprint density at radius 1 is 1.24 bits per heavy atom. The molecule has 0 fully saturated rings. The predicted octanol–water partition coefficient (Wildman–Crippen LogP) is 4.27. The molecule has 1 rings (SSSR count). The summed E-state index contributed by atoms with van der Waals surface area (Å²) in [7, 11) is 0. The number of halogens is 3. The van der Waals surface area contributed by atoms with Crippen LogP contribution in [0.5, 0.6) is 0 Å². The molecule has 21 heavy (non-hydrogen) atoms. The third-order valence-electron chi connectivity index (χ3n) is 3.18. The standard InChI is InChI=1S/C13H15Cl3N2O3/c1-3-13(2,11(19)20)6-17-12(21)18-10-8(15)4-7(14)5-9(10)16/h4-5H,3,6H2,1-2H3,(H,19,20)(H2,17,18,21). The van der Waals surface area contributed by atoms with Crippen molar-refractivity contribution in [1.29, 1.82) is 0 Å². The number of urea groups is 1. The maximum Gasteiger partial charge on any atom is 0.319 e. The third-order valence-corrected chi connectivity index (χ3v) is 4.00. The number of anilines is 1. The minimum atomic E-state index is -1.04. The zero-order valence-electron chi connectivity index (χ0n) is 11.5. The number of hydrogen-bond donors (Lipinski definition) is 3. The number of amides is 2. The van der Waals surface area contributed by atoms with Crippen LogP contribution < -0.4 is 10.6 Å². The summed E-state index contributed by atoms with van der Waals surface area (Å²) in [6.45, 7) is 3.27. The van der Waals surface area contributed by atoms with Gasteiger partial charge < -0.3 is 15.7 Å². The predicted molar refractivity (Wildman–Crippen MR) is 84.5 cm³/mol. The van der Waals surface area contributed by atoms with Gasteiger partial charge in [-0.05, 0) is 25.5 Å². The van der Waals surface area contributed by atoms with Gasteiger partial charge in [0.25, 0.3) is 0 Å². The highest BCUT2D eigenvalue weighted by molar-refractivity contribution is 6.42.